The lowest BCUT2D eigenvalue weighted by Crippen LogP contribution is -2.24. The molecule has 2 heterocycles. The first kappa shape index (κ1) is 16.0. The highest BCUT2D eigenvalue weighted by Gasteiger charge is 2.02. The van der Waals surface area contributed by atoms with Crippen molar-refractivity contribution in [2.24, 2.45) is 7.05 Å². The smallest absolute Gasteiger partial charge is 0.231 e. The van der Waals surface area contributed by atoms with Gasteiger partial charge in [0.05, 0.1) is 19.6 Å². The maximum atomic E-state index is 4.80. The average molecular weight is 241 g/mol. The predicted molar refractivity (Wildman–Crippen MR) is 72.5 cm³/mol. The summed E-state index contributed by atoms with van der Waals surface area (Å²) in [6.45, 7) is 6.64. The zero-order valence-electron chi connectivity index (χ0n) is 11.9. The Labute approximate surface area is 106 Å². The molecule has 0 unspecified atom stereocenters. The maximum absolute atomic E-state index is 4.80. The Kier molecular flexibility index (Phi) is 9.53. The number of aromatic nitrogens is 2. The molecule has 0 aliphatic carbocycles. The molecule has 4 heteroatoms. The first-order valence-corrected chi connectivity index (χ1v) is 6.43. The van der Waals surface area contributed by atoms with Crippen molar-refractivity contribution in [1.29, 1.82) is 0 Å². The lowest BCUT2D eigenvalue weighted by Gasteiger charge is -2.20. The van der Waals surface area contributed by atoms with Gasteiger partial charge in [-0.2, -0.15) is 0 Å². The van der Waals surface area contributed by atoms with Crippen LogP contribution in [-0.2, 0) is 7.05 Å². The minimum absolute atomic E-state index is 0.660. The van der Waals surface area contributed by atoms with E-state index >= 15 is 0 Å². The van der Waals surface area contributed by atoms with Crippen LogP contribution in [0.1, 0.15) is 33.1 Å². The highest BCUT2D eigenvalue weighted by Crippen LogP contribution is 2.04. The molecule has 0 atom stereocenters. The second-order valence-corrected chi connectivity index (χ2v) is 3.95. The van der Waals surface area contributed by atoms with Crippen molar-refractivity contribution in [3.63, 3.8) is 0 Å². The van der Waals surface area contributed by atoms with Gasteiger partial charge in [-0.1, -0.05) is 20.3 Å². The van der Waals surface area contributed by atoms with Crippen LogP contribution in [0.4, 0.5) is 0 Å². The summed E-state index contributed by atoms with van der Waals surface area (Å²) in [5, 5.41) is 0. The summed E-state index contributed by atoms with van der Waals surface area (Å²) in [5.74, 6) is 0.660. The molecule has 0 radical (unpaired) electrons. The molecular weight excluding hydrogens is 214 g/mol. The van der Waals surface area contributed by atoms with Crippen molar-refractivity contribution in [2.45, 2.75) is 33.1 Å². The second kappa shape index (κ2) is 10.1. The van der Waals surface area contributed by atoms with Crippen molar-refractivity contribution < 1.29 is 4.74 Å². The van der Waals surface area contributed by atoms with Gasteiger partial charge in [0.25, 0.3) is 0 Å². The lowest BCUT2D eigenvalue weighted by molar-refractivity contribution is 0.277. The number of ether oxygens (including phenoxy) is 1. The summed E-state index contributed by atoms with van der Waals surface area (Å²) in [6.07, 6.45) is 7.77. The van der Waals surface area contributed by atoms with E-state index < -0.39 is 0 Å². The number of rotatable bonds is 1. The van der Waals surface area contributed by atoms with Gasteiger partial charge in [-0.15, -0.1) is 0 Å². The van der Waals surface area contributed by atoms with E-state index in [0.717, 1.165) is 0 Å². The van der Waals surface area contributed by atoms with E-state index in [-0.39, 0.29) is 0 Å². The standard InChI is InChI=1S/C6H13N.C5H8N2O.C2H6/c1-7-5-3-2-4-6-7;1-7-3-5(8-2)6-4-7;1-2/h2-6H2,1H3;3-4H,1-2H3;1-2H3. The summed E-state index contributed by atoms with van der Waals surface area (Å²) >= 11 is 0. The molecule has 100 valence electrons. The average Bonchev–Trinajstić information content (AvgIpc) is 2.79. The molecule has 0 aromatic carbocycles. The summed E-state index contributed by atoms with van der Waals surface area (Å²) in [7, 11) is 5.69. The highest BCUT2D eigenvalue weighted by atomic mass is 16.5. The van der Waals surface area contributed by atoms with Crippen LogP contribution in [0.5, 0.6) is 5.88 Å². The molecule has 0 spiro atoms. The predicted octanol–water partition coefficient (Wildman–Crippen LogP) is 2.56. The Balaban J connectivity index is 0.000000265. The SMILES string of the molecule is CC.CN1CCCCC1.COc1cn(C)cn1. The van der Waals surface area contributed by atoms with Gasteiger partial charge in [0.2, 0.25) is 5.88 Å². The van der Waals surface area contributed by atoms with E-state index in [0.29, 0.717) is 5.88 Å². The first-order chi connectivity index (χ1) is 8.22. The molecular formula is C13H27N3O. The molecule has 1 saturated heterocycles. The summed E-state index contributed by atoms with van der Waals surface area (Å²) < 4.78 is 6.64. The quantitative estimate of drug-likeness (QED) is 0.757. The topological polar surface area (TPSA) is 30.3 Å². The van der Waals surface area contributed by atoms with Crippen LogP contribution >= 0.6 is 0 Å². The van der Waals surface area contributed by atoms with Gasteiger partial charge in [0.1, 0.15) is 0 Å². The molecule has 17 heavy (non-hydrogen) atoms. The number of hydrogen-bond acceptors (Lipinski definition) is 3. The molecule has 1 aliphatic heterocycles. The van der Waals surface area contributed by atoms with Crippen molar-refractivity contribution >= 4 is 0 Å². The zero-order valence-corrected chi connectivity index (χ0v) is 11.9. The molecule has 0 N–H and O–H groups in total. The Morgan fingerprint density at radius 1 is 1.12 bits per heavy atom. The molecule has 0 bridgehead atoms. The minimum atomic E-state index is 0.660. The van der Waals surface area contributed by atoms with Gasteiger partial charge in [-0.05, 0) is 33.0 Å². The van der Waals surface area contributed by atoms with Crippen LogP contribution in [-0.4, -0.2) is 41.7 Å². The first-order valence-electron chi connectivity index (χ1n) is 6.43. The number of likely N-dealkylation sites (tertiary alicyclic amines) is 1. The fourth-order valence-electron chi connectivity index (χ4n) is 1.55. The van der Waals surface area contributed by atoms with Crippen LogP contribution in [0, 0.1) is 0 Å². The van der Waals surface area contributed by atoms with Gasteiger partial charge >= 0.3 is 0 Å². The van der Waals surface area contributed by atoms with E-state index in [2.05, 4.69) is 16.9 Å². The number of hydrogen-bond donors (Lipinski definition) is 0. The number of piperidine rings is 1. The van der Waals surface area contributed by atoms with Gasteiger partial charge in [-0.3, -0.25) is 0 Å². The maximum Gasteiger partial charge on any atom is 0.231 e. The van der Waals surface area contributed by atoms with Crippen molar-refractivity contribution in [1.82, 2.24) is 14.5 Å². The summed E-state index contributed by atoms with van der Waals surface area (Å²) in [4.78, 5) is 6.27. The number of aryl methyl sites for hydroxylation is 1. The van der Waals surface area contributed by atoms with E-state index in [4.69, 9.17) is 4.74 Å². The number of nitrogens with zero attached hydrogens (tertiary/aromatic N) is 3. The Bertz CT molecular complexity index is 267. The van der Waals surface area contributed by atoms with Gasteiger partial charge in [0, 0.05) is 7.05 Å². The summed E-state index contributed by atoms with van der Waals surface area (Å²) in [6, 6.07) is 0. The normalized spacial score (nSPS) is 15.1. The Hall–Kier alpha value is -1.03. The Morgan fingerprint density at radius 2 is 1.71 bits per heavy atom. The largest absolute Gasteiger partial charge is 0.480 e. The molecule has 0 saturated carbocycles. The molecule has 1 aliphatic rings. The molecule has 2 rings (SSSR count). The van der Waals surface area contributed by atoms with E-state index in [1.807, 2.05) is 25.5 Å². The Morgan fingerprint density at radius 3 is 1.94 bits per heavy atom. The zero-order chi connectivity index (χ0) is 13.1. The van der Waals surface area contributed by atoms with Crippen LogP contribution < -0.4 is 4.74 Å². The van der Waals surface area contributed by atoms with Gasteiger partial charge < -0.3 is 14.2 Å². The third-order valence-electron chi connectivity index (χ3n) is 2.47. The highest BCUT2D eigenvalue weighted by molar-refractivity contribution is 5.01. The van der Waals surface area contributed by atoms with Crippen molar-refractivity contribution in [3.05, 3.63) is 12.5 Å². The van der Waals surface area contributed by atoms with Crippen LogP contribution in [0.2, 0.25) is 0 Å². The number of imidazole rings is 1. The van der Waals surface area contributed by atoms with Crippen molar-refractivity contribution in [2.75, 3.05) is 27.2 Å². The number of methoxy groups -OCH3 is 1. The molecule has 4 nitrogen and oxygen atoms in total. The van der Waals surface area contributed by atoms with Crippen LogP contribution in [0.25, 0.3) is 0 Å². The molecule has 1 fully saturated rings. The molecule has 1 aromatic heterocycles. The fraction of sp³-hybridized carbons (Fsp3) is 0.769. The van der Waals surface area contributed by atoms with E-state index in [1.165, 1.54) is 32.4 Å². The van der Waals surface area contributed by atoms with Crippen LogP contribution in [0.3, 0.4) is 0 Å². The van der Waals surface area contributed by atoms with Crippen LogP contribution in [0.15, 0.2) is 12.5 Å². The molecule has 0 amide bonds. The van der Waals surface area contributed by atoms with Crippen molar-refractivity contribution in [3.8, 4) is 5.88 Å². The summed E-state index contributed by atoms with van der Waals surface area (Å²) in [5.41, 5.74) is 0. The molecule has 1 aromatic rings. The van der Waals surface area contributed by atoms with E-state index in [9.17, 15) is 0 Å². The lowest BCUT2D eigenvalue weighted by atomic mass is 10.1. The fourth-order valence-corrected chi connectivity index (χ4v) is 1.55. The minimum Gasteiger partial charge on any atom is -0.480 e. The van der Waals surface area contributed by atoms with E-state index in [1.54, 1.807) is 19.6 Å². The second-order valence-electron chi connectivity index (χ2n) is 3.95. The van der Waals surface area contributed by atoms with Gasteiger partial charge in [0.15, 0.2) is 0 Å². The monoisotopic (exact) mass is 241 g/mol. The van der Waals surface area contributed by atoms with Gasteiger partial charge in [-0.25, -0.2) is 4.98 Å². The third-order valence-corrected chi connectivity index (χ3v) is 2.47. The third kappa shape index (κ3) is 7.80.